The van der Waals surface area contributed by atoms with Crippen LogP contribution in [0.2, 0.25) is 0 Å². The van der Waals surface area contributed by atoms with Crippen LogP contribution in [0.15, 0.2) is 22.7 Å². The highest BCUT2D eigenvalue weighted by atomic mass is 79.9. The highest BCUT2D eigenvalue weighted by Gasteiger charge is 2.19. The lowest BCUT2D eigenvalue weighted by Gasteiger charge is -2.29. The summed E-state index contributed by atoms with van der Waals surface area (Å²) >= 11 is 3.26. The van der Waals surface area contributed by atoms with Crippen LogP contribution in [0.1, 0.15) is 44.6 Å². The highest BCUT2D eigenvalue weighted by Crippen LogP contribution is 2.23. The van der Waals surface area contributed by atoms with E-state index in [0.29, 0.717) is 10.5 Å². The molecule has 18 heavy (non-hydrogen) atoms. The Morgan fingerprint density at radius 1 is 1.33 bits per heavy atom. The summed E-state index contributed by atoms with van der Waals surface area (Å²) < 4.78 is 13.8. The second-order valence-corrected chi connectivity index (χ2v) is 5.98. The van der Waals surface area contributed by atoms with E-state index >= 15 is 0 Å². The largest absolute Gasteiger partial charge is 0.296 e. The summed E-state index contributed by atoms with van der Waals surface area (Å²) in [6.45, 7) is 4.38. The van der Waals surface area contributed by atoms with Gasteiger partial charge in [-0.05, 0) is 59.4 Å². The first-order valence-electron chi connectivity index (χ1n) is 6.88. The third-order valence-corrected chi connectivity index (χ3v) is 4.45. The van der Waals surface area contributed by atoms with Gasteiger partial charge in [0.15, 0.2) is 0 Å². The number of likely N-dealkylation sites (tertiary alicyclic amines) is 1. The summed E-state index contributed by atoms with van der Waals surface area (Å²) in [7, 11) is 0. The molecule has 1 aliphatic heterocycles. The van der Waals surface area contributed by atoms with E-state index in [1.54, 1.807) is 6.07 Å². The molecule has 0 spiro atoms. The molecule has 1 aromatic carbocycles. The van der Waals surface area contributed by atoms with Crippen molar-refractivity contribution in [2.24, 2.45) is 0 Å². The van der Waals surface area contributed by atoms with Crippen LogP contribution in [-0.4, -0.2) is 17.5 Å². The average molecular weight is 314 g/mol. The predicted octanol–water partition coefficient (Wildman–Crippen LogP) is 4.74. The van der Waals surface area contributed by atoms with E-state index in [0.717, 1.165) is 6.54 Å². The second kappa shape index (κ2) is 6.67. The summed E-state index contributed by atoms with van der Waals surface area (Å²) in [6.07, 6.45) is 6.50. The molecule has 0 aromatic heterocycles. The molecule has 0 bridgehead atoms. The molecule has 0 radical (unpaired) electrons. The molecule has 1 atom stereocenters. The maximum Gasteiger partial charge on any atom is 0.137 e. The van der Waals surface area contributed by atoms with Crippen LogP contribution in [0.5, 0.6) is 0 Å². The summed E-state index contributed by atoms with van der Waals surface area (Å²) in [4.78, 5) is 2.56. The zero-order chi connectivity index (χ0) is 13.0. The van der Waals surface area contributed by atoms with Crippen molar-refractivity contribution in [1.29, 1.82) is 0 Å². The first kappa shape index (κ1) is 14.0. The molecular weight excluding hydrogens is 293 g/mol. The van der Waals surface area contributed by atoms with Crippen molar-refractivity contribution in [2.45, 2.75) is 51.6 Å². The summed E-state index contributed by atoms with van der Waals surface area (Å²) in [5.41, 5.74) is 1.20. The van der Waals surface area contributed by atoms with Gasteiger partial charge in [-0.25, -0.2) is 4.39 Å². The summed E-state index contributed by atoms with van der Waals surface area (Å²) in [6, 6.07) is 6.05. The Kier molecular flexibility index (Phi) is 5.19. The van der Waals surface area contributed by atoms with Crippen LogP contribution < -0.4 is 0 Å². The minimum absolute atomic E-state index is 0.179. The van der Waals surface area contributed by atoms with Crippen LogP contribution >= 0.6 is 15.9 Å². The smallest absolute Gasteiger partial charge is 0.137 e. The van der Waals surface area contributed by atoms with Crippen molar-refractivity contribution in [3.8, 4) is 0 Å². The van der Waals surface area contributed by atoms with Crippen LogP contribution in [0.25, 0.3) is 0 Å². The van der Waals surface area contributed by atoms with Gasteiger partial charge in [-0.3, -0.25) is 4.90 Å². The van der Waals surface area contributed by atoms with Gasteiger partial charge in [-0.1, -0.05) is 25.8 Å². The minimum atomic E-state index is -0.179. The van der Waals surface area contributed by atoms with E-state index in [1.807, 2.05) is 12.1 Å². The van der Waals surface area contributed by atoms with E-state index in [9.17, 15) is 4.39 Å². The van der Waals surface area contributed by atoms with Gasteiger partial charge in [0, 0.05) is 12.6 Å². The summed E-state index contributed by atoms with van der Waals surface area (Å²) in [5, 5.41) is 0. The zero-order valence-corrected chi connectivity index (χ0v) is 12.5. The first-order chi connectivity index (χ1) is 8.70. The maximum absolute atomic E-state index is 13.2. The van der Waals surface area contributed by atoms with E-state index in [-0.39, 0.29) is 5.82 Å². The lowest BCUT2D eigenvalue weighted by atomic mass is 10.1. The van der Waals surface area contributed by atoms with Gasteiger partial charge in [0.2, 0.25) is 0 Å². The van der Waals surface area contributed by atoms with Crippen molar-refractivity contribution >= 4 is 15.9 Å². The molecule has 1 unspecified atom stereocenters. The molecule has 1 aromatic rings. The van der Waals surface area contributed by atoms with E-state index in [2.05, 4.69) is 27.8 Å². The quantitative estimate of drug-likeness (QED) is 0.779. The summed E-state index contributed by atoms with van der Waals surface area (Å²) in [5.74, 6) is -0.179. The number of nitrogens with zero attached hydrogens (tertiary/aromatic N) is 1. The fourth-order valence-corrected chi connectivity index (χ4v) is 3.21. The average Bonchev–Trinajstić information content (AvgIpc) is 2.59. The van der Waals surface area contributed by atoms with E-state index < -0.39 is 0 Å². The Morgan fingerprint density at radius 3 is 2.89 bits per heavy atom. The zero-order valence-electron chi connectivity index (χ0n) is 11.0. The molecule has 0 saturated carbocycles. The molecule has 1 saturated heterocycles. The molecule has 1 heterocycles. The maximum atomic E-state index is 13.2. The number of halogens is 2. The van der Waals surface area contributed by atoms with Gasteiger partial charge in [0.05, 0.1) is 4.47 Å². The SMILES string of the molecule is CCC1CCCCCN1Cc1ccc(F)c(Br)c1. The van der Waals surface area contributed by atoms with Crippen molar-refractivity contribution in [3.05, 3.63) is 34.1 Å². The first-order valence-corrected chi connectivity index (χ1v) is 7.68. The molecule has 0 aliphatic carbocycles. The molecule has 0 N–H and O–H groups in total. The molecule has 1 nitrogen and oxygen atoms in total. The van der Waals surface area contributed by atoms with Gasteiger partial charge in [-0.15, -0.1) is 0 Å². The van der Waals surface area contributed by atoms with Crippen molar-refractivity contribution < 1.29 is 4.39 Å². The molecule has 100 valence electrons. The number of rotatable bonds is 3. The Labute approximate surface area is 118 Å². The van der Waals surface area contributed by atoms with Gasteiger partial charge in [0.25, 0.3) is 0 Å². The molecule has 1 fully saturated rings. The standard InChI is InChI=1S/C15H21BrFN/c1-2-13-6-4-3-5-9-18(13)11-12-7-8-15(17)14(16)10-12/h7-8,10,13H,2-6,9,11H2,1H3. The molecule has 1 aliphatic rings. The highest BCUT2D eigenvalue weighted by molar-refractivity contribution is 9.10. The second-order valence-electron chi connectivity index (χ2n) is 5.13. The van der Waals surface area contributed by atoms with Gasteiger partial charge in [0.1, 0.15) is 5.82 Å². The normalized spacial score (nSPS) is 21.8. The van der Waals surface area contributed by atoms with Crippen LogP contribution in [0.3, 0.4) is 0 Å². The third-order valence-electron chi connectivity index (χ3n) is 3.84. The van der Waals surface area contributed by atoms with E-state index in [1.165, 1.54) is 44.2 Å². The van der Waals surface area contributed by atoms with Crippen LogP contribution in [0.4, 0.5) is 4.39 Å². The number of benzene rings is 1. The minimum Gasteiger partial charge on any atom is -0.296 e. The molecule has 3 heteroatoms. The monoisotopic (exact) mass is 313 g/mol. The Balaban J connectivity index is 2.07. The van der Waals surface area contributed by atoms with Crippen LogP contribution in [-0.2, 0) is 6.54 Å². The van der Waals surface area contributed by atoms with Gasteiger partial charge in [-0.2, -0.15) is 0 Å². The lowest BCUT2D eigenvalue weighted by Crippen LogP contribution is -2.33. The molecule has 0 amide bonds. The van der Waals surface area contributed by atoms with Crippen molar-refractivity contribution in [2.75, 3.05) is 6.54 Å². The van der Waals surface area contributed by atoms with Crippen LogP contribution in [0, 0.1) is 5.82 Å². The molecular formula is C15H21BrFN. The Hall–Kier alpha value is -0.410. The van der Waals surface area contributed by atoms with Crippen molar-refractivity contribution in [1.82, 2.24) is 4.90 Å². The topological polar surface area (TPSA) is 3.24 Å². The van der Waals surface area contributed by atoms with Crippen molar-refractivity contribution in [3.63, 3.8) is 0 Å². The Bertz CT molecular complexity index is 394. The third kappa shape index (κ3) is 3.55. The van der Waals surface area contributed by atoms with Gasteiger partial charge < -0.3 is 0 Å². The van der Waals surface area contributed by atoms with E-state index in [4.69, 9.17) is 0 Å². The number of hydrogen-bond donors (Lipinski definition) is 0. The fraction of sp³-hybridized carbons (Fsp3) is 0.600. The molecule has 2 rings (SSSR count). The fourth-order valence-electron chi connectivity index (χ4n) is 2.78. The number of hydrogen-bond acceptors (Lipinski definition) is 1. The predicted molar refractivity (Wildman–Crippen MR) is 77.1 cm³/mol. The lowest BCUT2D eigenvalue weighted by molar-refractivity contribution is 0.186. The van der Waals surface area contributed by atoms with Gasteiger partial charge >= 0.3 is 0 Å². The Morgan fingerprint density at radius 2 is 2.17 bits per heavy atom.